The van der Waals surface area contributed by atoms with Gasteiger partial charge in [0.05, 0.1) is 6.04 Å². The van der Waals surface area contributed by atoms with E-state index in [0.717, 1.165) is 12.1 Å². The van der Waals surface area contributed by atoms with Crippen LogP contribution >= 0.6 is 0 Å². The average Bonchev–Trinajstić information content (AvgIpc) is 3.09. The van der Waals surface area contributed by atoms with Crippen molar-refractivity contribution in [2.24, 2.45) is 13.0 Å². The summed E-state index contributed by atoms with van der Waals surface area (Å²) in [6.45, 7) is 6.17. The molecule has 0 spiro atoms. The first kappa shape index (κ1) is 26.9. The Morgan fingerprint density at radius 2 is 1.84 bits per heavy atom. The van der Waals surface area contributed by atoms with Gasteiger partial charge in [-0.15, -0.1) is 0 Å². The molecule has 2 N–H and O–H groups in total. The Hall–Kier alpha value is -3.19. The lowest BCUT2D eigenvalue weighted by Gasteiger charge is -2.36. The molecule has 1 aromatic heterocycles. The minimum atomic E-state index is -4.04. The predicted molar refractivity (Wildman–Crippen MR) is 130 cm³/mol. The Morgan fingerprint density at radius 1 is 1.16 bits per heavy atom. The largest absolute Gasteiger partial charge is 0.488 e. The zero-order valence-electron chi connectivity index (χ0n) is 21.0. The molecule has 4 rings (SSSR count). The van der Waals surface area contributed by atoms with Crippen molar-refractivity contribution in [1.82, 2.24) is 14.2 Å². The van der Waals surface area contributed by atoms with Crippen LogP contribution in [0.25, 0.3) is 0 Å². The number of rotatable bonds is 3. The third-order valence-electron chi connectivity index (χ3n) is 6.26. The lowest BCUT2D eigenvalue weighted by atomic mass is 9.90. The van der Waals surface area contributed by atoms with E-state index in [0.29, 0.717) is 25.9 Å². The van der Waals surface area contributed by atoms with Gasteiger partial charge in [-0.05, 0) is 51.7 Å². The lowest BCUT2D eigenvalue weighted by Crippen LogP contribution is -2.49. The number of hydrogen-bond acceptors (Lipinski definition) is 6. The second kappa shape index (κ2) is 9.93. The van der Waals surface area contributed by atoms with Crippen LogP contribution in [0.5, 0.6) is 5.75 Å². The number of piperidine rings is 1. The number of sulfonamides is 1. The highest BCUT2D eigenvalue weighted by Gasteiger charge is 2.39. The number of ether oxygens (including phenoxy) is 2. The zero-order valence-corrected chi connectivity index (χ0v) is 21.8. The van der Waals surface area contributed by atoms with Gasteiger partial charge in [-0.2, -0.15) is 0 Å². The summed E-state index contributed by atoms with van der Waals surface area (Å²) in [6, 6.07) is 2.32. The summed E-state index contributed by atoms with van der Waals surface area (Å²) in [4.78, 5) is 26.7. The highest BCUT2D eigenvalue weighted by molar-refractivity contribution is 7.89. The molecule has 10 nitrogen and oxygen atoms in total. The van der Waals surface area contributed by atoms with E-state index >= 15 is 0 Å². The lowest BCUT2D eigenvalue weighted by molar-refractivity contribution is 0.0165. The van der Waals surface area contributed by atoms with Crippen LogP contribution < -0.4 is 14.8 Å². The number of anilines is 1. The van der Waals surface area contributed by atoms with Crippen LogP contribution in [0.3, 0.4) is 0 Å². The molecule has 1 aromatic carbocycles. The van der Waals surface area contributed by atoms with E-state index in [1.165, 1.54) is 23.9 Å². The smallest absolute Gasteiger partial charge is 0.410 e. The summed E-state index contributed by atoms with van der Waals surface area (Å²) >= 11 is 0. The molecule has 1 saturated heterocycles. The minimum absolute atomic E-state index is 0.00285. The molecule has 3 heterocycles. The van der Waals surface area contributed by atoms with Crippen molar-refractivity contribution < 1.29 is 36.3 Å². The number of likely N-dealkylation sites (tertiary alicyclic amines) is 1. The number of hydrogen-bond donors (Lipinski definition) is 2. The summed E-state index contributed by atoms with van der Waals surface area (Å²) in [5, 5.41) is 2.45. The van der Waals surface area contributed by atoms with E-state index in [9.17, 15) is 26.8 Å². The minimum Gasteiger partial charge on any atom is -0.488 e. The van der Waals surface area contributed by atoms with Gasteiger partial charge in [0.25, 0.3) is 5.91 Å². The van der Waals surface area contributed by atoms with Crippen LogP contribution in [0.4, 0.5) is 19.3 Å². The number of fused-ring (bicyclic) bond motifs is 1. The fraction of sp³-hybridized carbons (Fsp3) is 0.500. The second-order valence-corrected chi connectivity index (χ2v) is 11.9. The molecule has 0 aliphatic carbocycles. The van der Waals surface area contributed by atoms with Crippen LogP contribution in [0.2, 0.25) is 0 Å². The molecule has 0 saturated carbocycles. The van der Waals surface area contributed by atoms with E-state index in [-0.39, 0.29) is 34.6 Å². The van der Waals surface area contributed by atoms with Gasteiger partial charge in [-0.3, -0.25) is 4.79 Å². The van der Waals surface area contributed by atoms with Gasteiger partial charge in [0.2, 0.25) is 10.0 Å². The van der Waals surface area contributed by atoms with E-state index in [2.05, 4.69) is 10.0 Å². The Morgan fingerprint density at radius 3 is 2.46 bits per heavy atom. The molecule has 2 amide bonds. The number of nitrogens with zero attached hydrogens (tertiary/aromatic N) is 2. The fourth-order valence-corrected chi connectivity index (χ4v) is 5.93. The number of nitrogens with one attached hydrogen (secondary N) is 2. The molecule has 13 heteroatoms. The zero-order chi connectivity index (χ0) is 27.1. The molecule has 37 heavy (non-hydrogen) atoms. The van der Waals surface area contributed by atoms with Crippen molar-refractivity contribution in [3.63, 3.8) is 0 Å². The van der Waals surface area contributed by atoms with Crippen molar-refractivity contribution in [2.45, 2.75) is 50.2 Å². The van der Waals surface area contributed by atoms with Crippen LogP contribution in [0.15, 0.2) is 29.3 Å². The first-order chi connectivity index (χ1) is 17.2. The van der Waals surface area contributed by atoms with Gasteiger partial charge in [0, 0.05) is 38.1 Å². The number of benzene rings is 1. The Kier molecular flexibility index (Phi) is 7.21. The Bertz CT molecular complexity index is 1310. The molecule has 2 aliphatic heterocycles. The van der Waals surface area contributed by atoms with Gasteiger partial charge in [-0.1, -0.05) is 0 Å². The summed E-state index contributed by atoms with van der Waals surface area (Å²) in [6.07, 6.45) is 1.94. The predicted octanol–water partition coefficient (Wildman–Crippen LogP) is 3.24. The van der Waals surface area contributed by atoms with Crippen molar-refractivity contribution in [3.8, 4) is 5.75 Å². The quantitative estimate of drug-likeness (QED) is 0.617. The monoisotopic (exact) mass is 540 g/mol. The van der Waals surface area contributed by atoms with E-state index in [4.69, 9.17) is 9.47 Å². The molecule has 0 radical (unpaired) electrons. The average molecular weight is 541 g/mol. The highest BCUT2D eigenvalue weighted by Crippen LogP contribution is 2.35. The Labute approximate surface area is 214 Å². The number of halogens is 2. The second-order valence-electron chi connectivity index (χ2n) is 10.2. The fourth-order valence-electron chi connectivity index (χ4n) is 4.45. The SMILES string of the molecule is Cn1cc2c(c1C(=O)Nc1ccc(F)c(F)c1)OCC(C1CCN(C(=O)OC(C)(C)C)CC1)NS2(=O)=O. The summed E-state index contributed by atoms with van der Waals surface area (Å²) < 4.78 is 68.5. The van der Waals surface area contributed by atoms with Crippen LogP contribution in [-0.4, -0.2) is 61.2 Å². The molecule has 1 atom stereocenters. The number of aromatic nitrogens is 1. The first-order valence-electron chi connectivity index (χ1n) is 11.8. The van der Waals surface area contributed by atoms with Crippen molar-refractivity contribution in [2.75, 3.05) is 25.0 Å². The van der Waals surface area contributed by atoms with Gasteiger partial charge in [0.1, 0.15) is 17.1 Å². The third-order valence-corrected chi connectivity index (χ3v) is 7.74. The van der Waals surface area contributed by atoms with Crippen LogP contribution in [-0.2, 0) is 21.8 Å². The highest BCUT2D eigenvalue weighted by atomic mass is 32.2. The van der Waals surface area contributed by atoms with Gasteiger partial charge in [0.15, 0.2) is 23.1 Å². The standard InChI is InChI=1S/C24H30F2N4O6S/c1-24(2,3)36-23(32)30-9-7-14(8-10-30)18-13-35-21-19(37(33,34)28-18)12-29(4)20(21)22(31)27-15-5-6-16(25)17(26)11-15/h5-6,11-12,14,18,28H,7-10,13H2,1-4H3,(H,27,31). The Balaban J connectivity index is 1.48. The maximum atomic E-state index is 13.6. The van der Waals surface area contributed by atoms with Crippen LogP contribution in [0, 0.1) is 17.6 Å². The molecule has 2 aliphatic rings. The van der Waals surface area contributed by atoms with Gasteiger partial charge in [-0.25, -0.2) is 26.7 Å². The summed E-state index contributed by atoms with van der Waals surface area (Å²) in [7, 11) is -2.56. The molecule has 202 valence electrons. The van der Waals surface area contributed by atoms with E-state index < -0.39 is 45.3 Å². The number of amides is 2. The maximum absolute atomic E-state index is 13.6. The first-order valence-corrected chi connectivity index (χ1v) is 13.3. The van der Waals surface area contributed by atoms with Crippen molar-refractivity contribution in [3.05, 3.63) is 41.7 Å². The van der Waals surface area contributed by atoms with Crippen LogP contribution in [0.1, 0.15) is 44.1 Å². The number of carbonyl (C=O) groups excluding carboxylic acids is 2. The van der Waals surface area contributed by atoms with Crippen molar-refractivity contribution in [1.29, 1.82) is 0 Å². The van der Waals surface area contributed by atoms with Crippen molar-refractivity contribution >= 4 is 27.7 Å². The van der Waals surface area contributed by atoms with Gasteiger partial charge >= 0.3 is 6.09 Å². The number of carbonyl (C=O) groups is 2. The normalized spacial score (nSPS) is 19.9. The molecule has 1 unspecified atom stereocenters. The third kappa shape index (κ3) is 5.87. The molecular formula is C24H30F2N4O6S. The summed E-state index contributed by atoms with van der Waals surface area (Å²) in [5.74, 6) is -3.16. The van der Waals surface area contributed by atoms with E-state index in [1.54, 1.807) is 25.7 Å². The molecule has 1 fully saturated rings. The van der Waals surface area contributed by atoms with Gasteiger partial charge < -0.3 is 24.3 Å². The number of aryl methyl sites for hydroxylation is 1. The van der Waals surface area contributed by atoms with E-state index in [1.807, 2.05) is 0 Å². The topological polar surface area (TPSA) is 119 Å². The summed E-state index contributed by atoms with van der Waals surface area (Å²) in [5.41, 5.74) is -0.687. The maximum Gasteiger partial charge on any atom is 0.410 e. The molecule has 0 bridgehead atoms. The molecular weight excluding hydrogens is 510 g/mol. The molecule has 2 aromatic rings.